The Hall–Kier alpha value is -1.86. The first-order valence-electron chi connectivity index (χ1n) is 4.61. The summed E-state index contributed by atoms with van der Waals surface area (Å²) in [6.07, 6.45) is 0.764. The molecule has 90 valence electrons. The van der Waals surface area contributed by atoms with E-state index in [-0.39, 0.29) is 16.9 Å². The second kappa shape index (κ2) is 3.57. The van der Waals surface area contributed by atoms with E-state index in [0.29, 0.717) is 5.69 Å². The molecule has 0 bridgehead atoms. The first kappa shape index (κ1) is 11.6. The van der Waals surface area contributed by atoms with Crippen molar-refractivity contribution < 1.29 is 22.9 Å². The van der Waals surface area contributed by atoms with Crippen LogP contribution in [0.2, 0.25) is 0 Å². The lowest BCUT2D eigenvalue weighted by Gasteiger charge is -2.20. The lowest BCUT2D eigenvalue weighted by atomic mass is 9.94. The van der Waals surface area contributed by atoms with E-state index in [4.69, 9.17) is 10.3 Å². The van der Waals surface area contributed by atoms with Gasteiger partial charge < -0.3 is 10.8 Å². The number of aliphatic hydroxyl groups excluding tert-OH is 1. The highest BCUT2D eigenvalue weighted by molar-refractivity contribution is 7.86. The summed E-state index contributed by atoms with van der Waals surface area (Å²) in [4.78, 5) is 11.5. The number of nitrogen functional groups attached to an aromatic ring is 1. The quantitative estimate of drug-likeness (QED) is 0.501. The Morgan fingerprint density at radius 3 is 2.53 bits per heavy atom. The Balaban J connectivity index is 2.74. The van der Waals surface area contributed by atoms with Crippen LogP contribution in [0, 0.1) is 0 Å². The Morgan fingerprint density at radius 1 is 1.29 bits per heavy atom. The van der Waals surface area contributed by atoms with Crippen molar-refractivity contribution in [2.75, 3.05) is 5.73 Å². The van der Waals surface area contributed by atoms with Crippen molar-refractivity contribution >= 4 is 27.3 Å². The molecule has 1 aromatic rings. The number of aliphatic hydroxyl groups is 1. The van der Waals surface area contributed by atoms with Crippen molar-refractivity contribution in [1.29, 1.82) is 0 Å². The molecule has 6 nitrogen and oxygen atoms in total. The minimum absolute atomic E-state index is 0.0201. The Morgan fingerprint density at radius 2 is 1.94 bits per heavy atom. The summed E-state index contributed by atoms with van der Waals surface area (Å²) in [5, 5.41) is 7.85. The molecule has 1 unspecified atom stereocenters. The van der Waals surface area contributed by atoms with Gasteiger partial charge in [0.05, 0.1) is 0 Å². The number of carbonyl (C=O) groups excluding carboxylic acids is 1. The SMILES string of the molecule is Nc1ccc2c(c1)C(O)=CC(=O)C2S(=O)(=O)O. The van der Waals surface area contributed by atoms with Gasteiger partial charge in [-0.2, -0.15) is 8.42 Å². The number of benzene rings is 1. The Kier molecular flexibility index (Phi) is 2.44. The van der Waals surface area contributed by atoms with Crippen molar-refractivity contribution in [2.45, 2.75) is 5.25 Å². The van der Waals surface area contributed by atoms with Gasteiger partial charge in [-0.1, -0.05) is 6.07 Å². The van der Waals surface area contributed by atoms with E-state index < -0.39 is 21.2 Å². The van der Waals surface area contributed by atoms with Crippen molar-refractivity contribution in [3.8, 4) is 0 Å². The van der Waals surface area contributed by atoms with Crippen molar-refractivity contribution in [1.82, 2.24) is 0 Å². The van der Waals surface area contributed by atoms with E-state index in [9.17, 15) is 18.3 Å². The van der Waals surface area contributed by atoms with Gasteiger partial charge in [-0.05, 0) is 17.7 Å². The molecule has 0 amide bonds. The molecule has 0 fully saturated rings. The number of hydrogen-bond acceptors (Lipinski definition) is 5. The smallest absolute Gasteiger partial charge is 0.279 e. The molecule has 0 heterocycles. The zero-order valence-electron chi connectivity index (χ0n) is 8.49. The van der Waals surface area contributed by atoms with Gasteiger partial charge in [0.1, 0.15) is 5.76 Å². The molecule has 4 N–H and O–H groups in total. The van der Waals surface area contributed by atoms with Crippen molar-refractivity contribution in [2.24, 2.45) is 0 Å². The Labute approximate surface area is 97.1 Å². The van der Waals surface area contributed by atoms with Gasteiger partial charge in [0, 0.05) is 17.3 Å². The minimum Gasteiger partial charge on any atom is -0.507 e. The molecule has 0 aromatic heterocycles. The maximum atomic E-state index is 11.5. The van der Waals surface area contributed by atoms with Crippen LogP contribution in [-0.2, 0) is 14.9 Å². The lowest BCUT2D eigenvalue weighted by molar-refractivity contribution is -0.114. The van der Waals surface area contributed by atoms with Crippen molar-refractivity contribution in [3.05, 3.63) is 35.4 Å². The molecule has 0 aliphatic heterocycles. The highest BCUT2D eigenvalue weighted by Gasteiger charge is 2.37. The highest BCUT2D eigenvalue weighted by atomic mass is 32.2. The lowest BCUT2D eigenvalue weighted by Crippen LogP contribution is -2.24. The molecule has 1 aromatic carbocycles. The van der Waals surface area contributed by atoms with Gasteiger partial charge in [-0.25, -0.2) is 0 Å². The van der Waals surface area contributed by atoms with Crippen molar-refractivity contribution in [3.63, 3.8) is 0 Å². The van der Waals surface area contributed by atoms with Crippen LogP contribution < -0.4 is 5.73 Å². The molecular formula is C10H9NO5S. The van der Waals surface area contributed by atoms with E-state index >= 15 is 0 Å². The number of carbonyl (C=O) groups is 1. The number of ketones is 1. The van der Waals surface area contributed by atoms with E-state index in [0.717, 1.165) is 6.08 Å². The van der Waals surface area contributed by atoms with E-state index in [2.05, 4.69) is 0 Å². The fraction of sp³-hybridized carbons (Fsp3) is 0.100. The number of allylic oxidation sites excluding steroid dienone is 1. The van der Waals surface area contributed by atoms with E-state index in [1.807, 2.05) is 0 Å². The summed E-state index contributed by atoms with van der Waals surface area (Å²) < 4.78 is 31.3. The minimum atomic E-state index is -4.57. The molecular weight excluding hydrogens is 246 g/mol. The summed E-state index contributed by atoms with van der Waals surface area (Å²) in [6.45, 7) is 0. The number of rotatable bonds is 1. The molecule has 0 spiro atoms. The summed E-state index contributed by atoms with van der Waals surface area (Å²) in [5.41, 5.74) is 5.96. The third-order valence-electron chi connectivity index (χ3n) is 2.47. The van der Waals surface area contributed by atoms with E-state index in [1.165, 1.54) is 18.2 Å². The standard InChI is InChI=1S/C10H9NO5S/c11-5-1-2-6-7(3-5)8(12)4-9(13)10(6)17(14,15)16/h1-4,10,12H,11H2,(H,14,15,16). The highest BCUT2D eigenvalue weighted by Crippen LogP contribution is 2.35. The van der Waals surface area contributed by atoms with Gasteiger partial charge in [-0.3, -0.25) is 9.35 Å². The molecule has 0 radical (unpaired) electrons. The van der Waals surface area contributed by atoms with Crippen LogP contribution in [0.5, 0.6) is 0 Å². The van der Waals surface area contributed by atoms with Gasteiger partial charge in [-0.15, -0.1) is 0 Å². The number of hydrogen-bond donors (Lipinski definition) is 3. The Bertz CT molecular complexity index is 632. The fourth-order valence-corrected chi connectivity index (χ4v) is 2.66. The molecule has 1 aliphatic carbocycles. The van der Waals surface area contributed by atoms with Crippen LogP contribution in [-0.4, -0.2) is 23.9 Å². The first-order chi connectivity index (χ1) is 7.80. The molecule has 0 saturated heterocycles. The predicted octanol–water partition coefficient (Wildman–Crippen LogP) is 0.679. The maximum absolute atomic E-state index is 11.5. The summed E-state index contributed by atoms with van der Waals surface area (Å²) in [7, 11) is -4.57. The zero-order chi connectivity index (χ0) is 12.8. The molecule has 1 atom stereocenters. The monoisotopic (exact) mass is 255 g/mol. The second-order valence-corrected chi connectivity index (χ2v) is 5.17. The van der Waals surface area contributed by atoms with Crippen LogP contribution in [0.3, 0.4) is 0 Å². The third-order valence-corrected chi connectivity index (χ3v) is 3.55. The summed E-state index contributed by atoms with van der Waals surface area (Å²) in [6, 6.07) is 4.03. The zero-order valence-corrected chi connectivity index (χ0v) is 9.31. The van der Waals surface area contributed by atoms with Crippen LogP contribution in [0.15, 0.2) is 24.3 Å². The van der Waals surface area contributed by atoms with Crippen LogP contribution in [0.4, 0.5) is 5.69 Å². The first-order valence-corrected chi connectivity index (χ1v) is 6.11. The molecule has 1 aliphatic rings. The number of nitrogens with two attached hydrogens (primary N) is 1. The summed E-state index contributed by atoms with van der Waals surface area (Å²) in [5.74, 6) is -1.25. The van der Waals surface area contributed by atoms with Crippen LogP contribution in [0.25, 0.3) is 5.76 Å². The summed E-state index contributed by atoms with van der Waals surface area (Å²) >= 11 is 0. The topological polar surface area (TPSA) is 118 Å². The van der Waals surface area contributed by atoms with E-state index in [1.54, 1.807) is 0 Å². The second-order valence-electron chi connectivity index (χ2n) is 3.67. The molecule has 2 rings (SSSR count). The molecule has 7 heteroatoms. The molecule has 0 saturated carbocycles. The van der Waals surface area contributed by atoms with Gasteiger partial charge in [0.2, 0.25) is 0 Å². The largest absolute Gasteiger partial charge is 0.507 e. The van der Waals surface area contributed by atoms with Gasteiger partial charge >= 0.3 is 0 Å². The van der Waals surface area contributed by atoms with Gasteiger partial charge in [0.15, 0.2) is 11.0 Å². The maximum Gasteiger partial charge on any atom is 0.279 e. The number of anilines is 1. The van der Waals surface area contributed by atoms with Gasteiger partial charge in [0.25, 0.3) is 10.1 Å². The van der Waals surface area contributed by atoms with Crippen LogP contribution in [0.1, 0.15) is 16.4 Å². The average Bonchev–Trinajstić information content (AvgIpc) is 2.17. The number of fused-ring (bicyclic) bond motifs is 1. The predicted molar refractivity (Wildman–Crippen MR) is 60.8 cm³/mol. The normalized spacial score (nSPS) is 19.7. The third kappa shape index (κ3) is 1.90. The average molecular weight is 255 g/mol. The molecule has 17 heavy (non-hydrogen) atoms. The van der Waals surface area contributed by atoms with Crippen LogP contribution >= 0.6 is 0 Å². The fourth-order valence-electron chi connectivity index (χ4n) is 1.77.